The van der Waals surface area contributed by atoms with E-state index in [0.717, 1.165) is 29.7 Å². The van der Waals surface area contributed by atoms with E-state index in [2.05, 4.69) is 31.2 Å². The van der Waals surface area contributed by atoms with Crippen LogP contribution in [-0.4, -0.2) is 15.8 Å². The maximum atomic E-state index is 12.5. The summed E-state index contributed by atoms with van der Waals surface area (Å²) < 4.78 is 1.61. The van der Waals surface area contributed by atoms with Gasteiger partial charge in [-0.1, -0.05) is 57.5 Å². The van der Waals surface area contributed by atoms with E-state index in [-0.39, 0.29) is 5.56 Å². The fraction of sp³-hybridized carbons (Fsp3) is 0.444. The smallest absolute Gasteiger partial charge is 0.271 e. The number of unbranched alkanes of at least 4 members (excludes halogenated alkanes) is 1. The summed E-state index contributed by atoms with van der Waals surface area (Å²) in [6.07, 6.45) is 2.01. The zero-order valence-electron chi connectivity index (χ0n) is 13.7. The third-order valence-electron chi connectivity index (χ3n) is 3.54. The Balaban J connectivity index is 2.41. The summed E-state index contributed by atoms with van der Waals surface area (Å²) in [5.41, 5.74) is 2.69. The Kier molecular flexibility index (Phi) is 5.90. The van der Waals surface area contributed by atoms with Gasteiger partial charge in [0.1, 0.15) is 0 Å². The molecule has 118 valence electrons. The van der Waals surface area contributed by atoms with Gasteiger partial charge in [-0.05, 0) is 12.5 Å². The summed E-state index contributed by atoms with van der Waals surface area (Å²) in [5, 5.41) is 7.87. The molecule has 2 rings (SSSR count). The normalized spacial score (nSPS) is 11.1. The Morgan fingerprint density at radius 2 is 1.95 bits per heavy atom. The highest BCUT2D eigenvalue weighted by Crippen LogP contribution is 2.16. The number of rotatable bonds is 7. The van der Waals surface area contributed by atoms with Gasteiger partial charge >= 0.3 is 0 Å². The van der Waals surface area contributed by atoms with Crippen molar-refractivity contribution in [3.63, 3.8) is 0 Å². The first-order valence-corrected chi connectivity index (χ1v) is 8.01. The molecule has 0 aliphatic heterocycles. The summed E-state index contributed by atoms with van der Waals surface area (Å²) in [5.74, 6) is 0. The second-order valence-electron chi connectivity index (χ2n) is 5.84. The first-order chi connectivity index (χ1) is 10.6. The zero-order valence-corrected chi connectivity index (χ0v) is 13.7. The molecule has 0 spiro atoms. The summed E-state index contributed by atoms with van der Waals surface area (Å²) in [7, 11) is 0. The van der Waals surface area contributed by atoms with E-state index in [9.17, 15) is 4.79 Å². The number of nitrogens with zero attached hydrogens (tertiary/aromatic N) is 2. The molecule has 22 heavy (non-hydrogen) atoms. The van der Waals surface area contributed by atoms with Gasteiger partial charge in [-0.3, -0.25) is 4.79 Å². The van der Waals surface area contributed by atoms with Gasteiger partial charge in [-0.15, -0.1) is 0 Å². The maximum absolute atomic E-state index is 12.5. The quantitative estimate of drug-likeness (QED) is 0.854. The Labute approximate surface area is 132 Å². The molecule has 4 nitrogen and oxygen atoms in total. The molecule has 1 heterocycles. The highest BCUT2D eigenvalue weighted by Gasteiger charge is 2.10. The molecular weight excluding hydrogens is 274 g/mol. The predicted octanol–water partition coefficient (Wildman–Crippen LogP) is 3.21. The van der Waals surface area contributed by atoms with E-state index in [4.69, 9.17) is 0 Å². The van der Waals surface area contributed by atoms with E-state index in [1.807, 2.05) is 36.4 Å². The number of aryl methyl sites for hydroxylation is 1. The van der Waals surface area contributed by atoms with E-state index in [0.29, 0.717) is 19.1 Å². The summed E-state index contributed by atoms with van der Waals surface area (Å²) in [6, 6.07) is 12.3. The van der Waals surface area contributed by atoms with Crippen LogP contribution in [-0.2, 0) is 13.1 Å². The fourth-order valence-corrected chi connectivity index (χ4v) is 2.25. The SMILES string of the molecule is CCCCn1nc(-c2ccccc2)cc(CNC(C)C)c1=O. The summed E-state index contributed by atoms with van der Waals surface area (Å²) >= 11 is 0. The average Bonchev–Trinajstić information content (AvgIpc) is 2.53. The van der Waals surface area contributed by atoms with Crippen molar-refractivity contribution in [2.24, 2.45) is 0 Å². The maximum Gasteiger partial charge on any atom is 0.271 e. The zero-order chi connectivity index (χ0) is 15.9. The third-order valence-corrected chi connectivity index (χ3v) is 3.54. The molecule has 0 atom stereocenters. The molecule has 0 radical (unpaired) electrons. The van der Waals surface area contributed by atoms with Gasteiger partial charge in [0.25, 0.3) is 5.56 Å². The van der Waals surface area contributed by atoms with Gasteiger partial charge in [-0.2, -0.15) is 5.10 Å². The van der Waals surface area contributed by atoms with E-state index < -0.39 is 0 Å². The fourth-order valence-electron chi connectivity index (χ4n) is 2.25. The van der Waals surface area contributed by atoms with Crippen LogP contribution in [0.1, 0.15) is 39.2 Å². The molecule has 0 fully saturated rings. The monoisotopic (exact) mass is 299 g/mol. The molecule has 0 saturated carbocycles. The molecule has 0 aliphatic carbocycles. The van der Waals surface area contributed by atoms with Crippen LogP contribution in [0.25, 0.3) is 11.3 Å². The van der Waals surface area contributed by atoms with Crippen molar-refractivity contribution < 1.29 is 0 Å². The molecule has 0 saturated heterocycles. The Morgan fingerprint density at radius 3 is 2.59 bits per heavy atom. The summed E-state index contributed by atoms with van der Waals surface area (Å²) in [4.78, 5) is 12.5. The molecule has 4 heteroatoms. The molecule has 0 unspecified atom stereocenters. The van der Waals surface area contributed by atoms with Crippen molar-refractivity contribution >= 4 is 0 Å². The lowest BCUT2D eigenvalue weighted by Crippen LogP contribution is -2.31. The molecule has 1 aromatic heterocycles. The standard InChI is InChI=1S/C18H25N3O/c1-4-5-11-21-18(22)16(13-19-14(2)3)12-17(20-21)15-9-7-6-8-10-15/h6-10,12,14,19H,4-5,11,13H2,1-3H3. The molecule has 1 N–H and O–H groups in total. The Hall–Kier alpha value is -1.94. The Bertz CT molecular complexity index is 647. The van der Waals surface area contributed by atoms with Crippen LogP contribution in [0.5, 0.6) is 0 Å². The molecule has 0 amide bonds. The van der Waals surface area contributed by atoms with Crippen LogP contribution < -0.4 is 10.9 Å². The van der Waals surface area contributed by atoms with E-state index in [1.165, 1.54) is 0 Å². The van der Waals surface area contributed by atoms with Crippen molar-refractivity contribution in [2.45, 2.75) is 52.7 Å². The molecule has 0 bridgehead atoms. The van der Waals surface area contributed by atoms with Crippen molar-refractivity contribution in [1.29, 1.82) is 0 Å². The largest absolute Gasteiger partial charge is 0.310 e. The van der Waals surface area contributed by atoms with Gasteiger partial charge < -0.3 is 5.32 Å². The lowest BCUT2D eigenvalue weighted by atomic mass is 10.1. The number of hydrogen-bond donors (Lipinski definition) is 1. The topological polar surface area (TPSA) is 46.9 Å². The molecular formula is C18H25N3O. The predicted molar refractivity (Wildman–Crippen MR) is 90.8 cm³/mol. The number of aromatic nitrogens is 2. The minimum Gasteiger partial charge on any atom is -0.310 e. The van der Waals surface area contributed by atoms with Crippen LogP contribution in [0.3, 0.4) is 0 Å². The molecule has 1 aromatic carbocycles. The average molecular weight is 299 g/mol. The second-order valence-corrected chi connectivity index (χ2v) is 5.84. The van der Waals surface area contributed by atoms with Gasteiger partial charge in [0.05, 0.1) is 5.69 Å². The van der Waals surface area contributed by atoms with Gasteiger partial charge in [0.2, 0.25) is 0 Å². The lowest BCUT2D eigenvalue weighted by Gasteiger charge is -2.12. The lowest BCUT2D eigenvalue weighted by molar-refractivity contribution is 0.528. The van der Waals surface area contributed by atoms with Crippen molar-refractivity contribution in [3.05, 3.63) is 52.3 Å². The third kappa shape index (κ3) is 4.28. The van der Waals surface area contributed by atoms with Gasteiger partial charge in [-0.25, -0.2) is 4.68 Å². The number of nitrogens with one attached hydrogen (secondary N) is 1. The number of hydrogen-bond acceptors (Lipinski definition) is 3. The first-order valence-electron chi connectivity index (χ1n) is 8.01. The highest BCUT2D eigenvalue weighted by molar-refractivity contribution is 5.58. The Morgan fingerprint density at radius 1 is 1.23 bits per heavy atom. The van der Waals surface area contributed by atoms with Crippen LogP contribution in [0.4, 0.5) is 0 Å². The van der Waals surface area contributed by atoms with Crippen LogP contribution in [0.15, 0.2) is 41.2 Å². The van der Waals surface area contributed by atoms with Crippen molar-refractivity contribution in [3.8, 4) is 11.3 Å². The van der Waals surface area contributed by atoms with E-state index in [1.54, 1.807) is 4.68 Å². The van der Waals surface area contributed by atoms with Crippen LogP contribution in [0, 0.1) is 0 Å². The summed E-state index contributed by atoms with van der Waals surface area (Å²) in [6.45, 7) is 7.52. The van der Waals surface area contributed by atoms with Crippen LogP contribution >= 0.6 is 0 Å². The van der Waals surface area contributed by atoms with Gasteiger partial charge in [0.15, 0.2) is 0 Å². The highest BCUT2D eigenvalue weighted by atomic mass is 16.1. The second kappa shape index (κ2) is 7.90. The van der Waals surface area contributed by atoms with Crippen molar-refractivity contribution in [1.82, 2.24) is 15.1 Å². The van der Waals surface area contributed by atoms with Gasteiger partial charge in [0, 0.05) is 30.3 Å². The molecule has 0 aliphatic rings. The minimum atomic E-state index is 0.0151. The number of benzene rings is 1. The van der Waals surface area contributed by atoms with Crippen LogP contribution in [0.2, 0.25) is 0 Å². The van der Waals surface area contributed by atoms with Crippen molar-refractivity contribution in [2.75, 3.05) is 0 Å². The minimum absolute atomic E-state index is 0.0151. The van der Waals surface area contributed by atoms with E-state index >= 15 is 0 Å². The first kappa shape index (κ1) is 16.4. The molecule has 2 aromatic rings.